The van der Waals surface area contributed by atoms with Crippen molar-refractivity contribution < 1.29 is 9.53 Å². The number of ketones is 1. The molecular weight excluding hydrogens is 264 g/mol. The number of Topliss-reactive ketones (excluding diaryl/α,β-unsaturated/α-hetero) is 1. The molecule has 4 nitrogen and oxygen atoms in total. The zero-order valence-electron chi connectivity index (χ0n) is 11.1. The lowest BCUT2D eigenvalue weighted by molar-refractivity contribution is 0.101. The number of hydrogen-bond donors (Lipinski definition) is 0. The number of nitrogens with zero attached hydrogens (tertiary/aromatic N) is 2. The number of imidazole rings is 1. The number of aromatic nitrogens is 2. The second-order valence-electron chi connectivity index (χ2n) is 4.40. The van der Waals surface area contributed by atoms with Crippen LogP contribution in [-0.4, -0.2) is 15.3 Å². The summed E-state index contributed by atoms with van der Waals surface area (Å²) < 4.78 is 7.44. The lowest BCUT2D eigenvalue weighted by atomic mass is 10.1. The largest absolute Gasteiger partial charge is 0.485 e. The Morgan fingerprint density at radius 3 is 2.79 bits per heavy atom. The van der Waals surface area contributed by atoms with Gasteiger partial charge in [-0.3, -0.25) is 4.79 Å². The molecule has 0 bridgehead atoms. The smallest absolute Gasteiger partial charge is 0.163 e. The molecule has 1 aromatic carbocycles. The number of aryl methyl sites for hydroxylation is 1. The lowest BCUT2D eigenvalue weighted by Gasteiger charge is -2.10. The van der Waals surface area contributed by atoms with Crippen LogP contribution in [0.15, 0.2) is 24.4 Å². The molecule has 5 heteroatoms. The van der Waals surface area contributed by atoms with Crippen LogP contribution >= 0.6 is 11.6 Å². The van der Waals surface area contributed by atoms with Crippen LogP contribution in [0.2, 0.25) is 5.15 Å². The normalized spacial score (nSPS) is 10.5. The predicted octanol–water partition coefficient (Wildman–Crippen LogP) is 3.16. The van der Waals surface area contributed by atoms with Gasteiger partial charge in [-0.15, -0.1) is 0 Å². The minimum atomic E-state index is -0.0205. The Kier molecular flexibility index (Phi) is 3.90. The summed E-state index contributed by atoms with van der Waals surface area (Å²) in [6.45, 7) is 3.75. The van der Waals surface area contributed by atoms with Crippen LogP contribution in [-0.2, 0) is 13.7 Å². The first kappa shape index (κ1) is 13.6. The number of rotatable bonds is 4. The van der Waals surface area contributed by atoms with E-state index in [-0.39, 0.29) is 12.4 Å². The first-order chi connectivity index (χ1) is 8.99. The molecule has 0 N–H and O–H groups in total. The Hall–Kier alpha value is -1.81. The summed E-state index contributed by atoms with van der Waals surface area (Å²) in [6, 6.07) is 5.51. The molecular formula is C14H15ClN2O2. The molecule has 1 aromatic heterocycles. The third-order valence-electron chi connectivity index (χ3n) is 2.90. The van der Waals surface area contributed by atoms with E-state index in [0.717, 1.165) is 5.56 Å². The predicted molar refractivity (Wildman–Crippen MR) is 73.7 cm³/mol. The van der Waals surface area contributed by atoms with E-state index in [2.05, 4.69) is 4.98 Å². The van der Waals surface area contributed by atoms with Crippen LogP contribution < -0.4 is 4.74 Å². The van der Waals surface area contributed by atoms with Gasteiger partial charge in [0.15, 0.2) is 5.78 Å². The number of benzene rings is 1. The van der Waals surface area contributed by atoms with E-state index in [1.807, 2.05) is 26.1 Å². The second-order valence-corrected chi connectivity index (χ2v) is 4.79. The Morgan fingerprint density at radius 2 is 2.21 bits per heavy atom. The molecule has 0 aliphatic heterocycles. The molecule has 0 fully saturated rings. The topological polar surface area (TPSA) is 44.1 Å². The number of halogens is 1. The Bertz CT molecular complexity index is 620. The highest BCUT2D eigenvalue weighted by molar-refractivity contribution is 6.29. The zero-order valence-corrected chi connectivity index (χ0v) is 11.9. The Morgan fingerprint density at radius 1 is 1.47 bits per heavy atom. The van der Waals surface area contributed by atoms with Crippen molar-refractivity contribution >= 4 is 17.4 Å². The molecule has 0 unspecified atom stereocenters. The number of ether oxygens (including phenoxy) is 1. The summed E-state index contributed by atoms with van der Waals surface area (Å²) in [7, 11) is 1.82. The van der Waals surface area contributed by atoms with E-state index >= 15 is 0 Å². The van der Waals surface area contributed by atoms with Crippen LogP contribution in [0.25, 0.3) is 0 Å². The van der Waals surface area contributed by atoms with Crippen molar-refractivity contribution in [2.24, 2.45) is 7.05 Å². The maximum atomic E-state index is 11.5. The van der Waals surface area contributed by atoms with Gasteiger partial charge in [-0.25, -0.2) is 4.98 Å². The van der Waals surface area contributed by atoms with Crippen molar-refractivity contribution in [3.05, 3.63) is 46.5 Å². The summed E-state index contributed by atoms with van der Waals surface area (Å²) in [5.41, 5.74) is 1.61. The average Bonchev–Trinajstić information content (AvgIpc) is 2.67. The Labute approximate surface area is 117 Å². The first-order valence-electron chi connectivity index (χ1n) is 5.89. The van der Waals surface area contributed by atoms with Crippen LogP contribution in [0.4, 0.5) is 0 Å². The van der Waals surface area contributed by atoms with Crippen molar-refractivity contribution in [3.8, 4) is 5.75 Å². The van der Waals surface area contributed by atoms with Gasteiger partial charge in [0.2, 0.25) is 0 Å². The van der Waals surface area contributed by atoms with Crippen LogP contribution in [0, 0.1) is 6.92 Å². The summed E-state index contributed by atoms with van der Waals surface area (Å²) in [5.74, 6) is 1.26. The van der Waals surface area contributed by atoms with E-state index in [0.29, 0.717) is 22.3 Å². The van der Waals surface area contributed by atoms with Crippen molar-refractivity contribution in [2.75, 3.05) is 0 Å². The molecule has 0 saturated heterocycles. The van der Waals surface area contributed by atoms with Crippen LogP contribution in [0.5, 0.6) is 5.75 Å². The van der Waals surface area contributed by atoms with Crippen molar-refractivity contribution in [3.63, 3.8) is 0 Å². The number of hydrogen-bond acceptors (Lipinski definition) is 3. The Balaban J connectivity index is 2.21. The van der Waals surface area contributed by atoms with Gasteiger partial charge in [0.1, 0.15) is 23.3 Å². The van der Waals surface area contributed by atoms with Crippen LogP contribution in [0.1, 0.15) is 28.7 Å². The van der Waals surface area contributed by atoms with E-state index in [9.17, 15) is 4.79 Å². The number of carbonyl (C=O) groups is 1. The third kappa shape index (κ3) is 2.96. The van der Waals surface area contributed by atoms with Gasteiger partial charge in [-0.1, -0.05) is 17.7 Å². The molecule has 0 amide bonds. The molecule has 0 aliphatic rings. The van der Waals surface area contributed by atoms with E-state index in [4.69, 9.17) is 16.3 Å². The lowest BCUT2D eigenvalue weighted by Crippen LogP contribution is -2.06. The standard InChI is InChI=1S/C14H15ClN2O2/c1-9-4-5-11(10(2)18)12(6-9)19-8-14-16-7-13(15)17(14)3/h4-7H,8H2,1-3H3. The van der Waals surface area contributed by atoms with E-state index in [1.165, 1.54) is 6.92 Å². The maximum absolute atomic E-state index is 11.5. The van der Waals surface area contributed by atoms with Crippen LogP contribution in [0.3, 0.4) is 0 Å². The fourth-order valence-electron chi connectivity index (χ4n) is 1.74. The molecule has 0 radical (unpaired) electrons. The average molecular weight is 279 g/mol. The monoisotopic (exact) mass is 278 g/mol. The van der Waals surface area contributed by atoms with Gasteiger partial charge in [0.25, 0.3) is 0 Å². The summed E-state index contributed by atoms with van der Waals surface area (Å²) in [6.07, 6.45) is 1.57. The van der Waals surface area contributed by atoms with Crippen molar-refractivity contribution in [1.29, 1.82) is 0 Å². The van der Waals surface area contributed by atoms with E-state index < -0.39 is 0 Å². The minimum absolute atomic E-state index is 0.0205. The van der Waals surface area contributed by atoms with Gasteiger partial charge in [0.05, 0.1) is 11.8 Å². The van der Waals surface area contributed by atoms with Gasteiger partial charge in [-0.05, 0) is 31.5 Å². The highest BCUT2D eigenvalue weighted by Gasteiger charge is 2.11. The molecule has 1 heterocycles. The van der Waals surface area contributed by atoms with Crippen molar-refractivity contribution in [2.45, 2.75) is 20.5 Å². The molecule has 2 rings (SSSR count). The first-order valence-corrected chi connectivity index (χ1v) is 6.27. The third-order valence-corrected chi connectivity index (χ3v) is 3.25. The van der Waals surface area contributed by atoms with E-state index in [1.54, 1.807) is 16.8 Å². The minimum Gasteiger partial charge on any atom is -0.485 e. The van der Waals surface area contributed by atoms with Gasteiger partial charge in [-0.2, -0.15) is 0 Å². The highest BCUT2D eigenvalue weighted by atomic mass is 35.5. The molecule has 0 aliphatic carbocycles. The maximum Gasteiger partial charge on any atom is 0.163 e. The number of carbonyl (C=O) groups excluding carboxylic acids is 1. The fourth-order valence-corrected chi connectivity index (χ4v) is 1.89. The second kappa shape index (κ2) is 5.45. The molecule has 19 heavy (non-hydrogen) atoms. The van der Waals surface area contributed by atoms with Gasteiger partial charge < -0.3 is 9.30 Å². The molecule has 0 atom stereocenters. The zero-order chi connectivity index (χ0) is 14.0. The summed E-state index contributed by atoms with van der Waals surface area (Å²) >= 11 is 5.91. The van der Waals surface area contributed by atoms with Gasteiger partial charge in [0, 0.05) is 7.05 Å². The summed E-state index contributed by atoms with van der Waals surface area (Å²) in [5, 5.41) is 0.551. The summed E-state index contributed by atoms with van der Waals surface area (Å²) in [4.78, 5) is 15.7. The van der Waals surface area contributed by atoms with Crippen molar-refractivity contribution in [1.82, 2.24) is 9.55 Å². The molecule has 100 valence electrons. The fraction of sp³-hybridized carbons (Fsp3) is 0.286. The highest BCUT2D eigenvalue weighted by Crippen LogP contribution is 2.22. The molecule has 2 aromatic rings. The quantitative estimate of drug-likeness (QED) is 0.807. The van der Waals surface area contributed by atoms with Gasteiger partial charge >= 0.3 is 0 Å². The SMILES string of the molecule is CC(=O)c1ccc(C)cc1OCc1ncc(Cl)n1C. The molecule has 0 saturated carbocycles. The molecule has 0 spiro atoms.